The van der Waals surface area contributed by atoms with Gasteiger partial charge in [-0.2, -0.15) is 0 Å². The van der Waals surface area contributed by atoms with Crippen molar-refractivity contribution in [2.75, 3.05) is 20.1 Å². The molecule has 1 aliphatic heterocycles. The predicted molar refractivity (Wildman–Crippen MR) is 70.9 cm³/mol. The quantitative estimate of drug-likeness (QED) is 0.725. The maximum Gasteiger partial charge on any atom is 0.222 e. The Hall–Kier alpha value is -1.10. The number of nitrogens with one attached hydrogen (secondary N) is 1. The lowest BCUT2D eigenvalue weighted by Gasteiger charge is -2.30. The minimum atomic E-state index is 0.0895. The SMILES string of the molecule is CC(CCN)CCC(=O)NC1CCC(=O)N(C)C1. The van der Waals surface area contributed by atoms with Crippen molar-refractivity contribution in [1.82, 2.24) is 10.2 Å². The minimum Gasteiger partial charge on any atom is -0.352 e. The lowest BCUT2D eigenvalue weighted by Crippen LogP contribution is -2.48. The molecular weight excluding hydrogens is 230 g/mol. The van der Waals surface area contributed by atoms with Crippen LogP contribution >= 0.6 is 0 Å². The molecule has 1 fully saturated rings. The number of hydrogen-bond donors (Lipinski definition) is 2. The number of likely N-dealkylation sites (tertiary alicyclic amines) is 1. The van der Waals surface area contributed by atoms with Gasteiger partial charge in [0.1, 0.15) is 0 Å². The van der Waals surface area contributed by atoms with Gasteiger partial charge in [0, 0.05) is 32.5 Å². The molecular formula is C13H25N3O2. The van der Waals surface area contributed by atoms with Gasteiger partial charge < -0.3 is 16.0 Å². The van der Waals surface area contributed by atoms with Crippen molar-refractivity contribution in [3.05, 3.63) is 0 Å². The topological polar surface area (TPSA) is 75.4 Å². The van der Waals surface area contributed by atoms with Crippen molar-refractivity contribution in [3.63, 3.8) is 0 Å². The normalized spacial score (nSPS) is 21.8. The molecule has 3 N–H and O–H groups in total. The maximum absolute atomic E-state index is 11.8. The van der Waals surface area contributed by atoms with Gasteiger partial charge in [-0.15, -0.1) is 0 Å². The van der Waals surface area contributed by atoms with Crippen molar-refractivity contribution in [2.24, 2.45) is 11.7 Å². The monoisotopic (exact) mass is 255 g/mol. The van der Waals surface area contributed by atoms with Crippen LogP contribution in [0.1, 0.15) is 39.0 Å². The van der Waals surface area contributed by atoms with Crippen LogP contribution in [0, 0.1) is 5.92 Å². The van der Waals surface area contributed by atoms with E-state index in [1.54, 1.807) is 11.9 Å². The fourth-order valence-electron chi connectivity index (χ4n) is 2.24. The van der Waals surface area contributed by atoms with Crippen LogP contribution in [0.25, 0.3) is 0 Å². The largest absolute Gasteiger partial charge is 0.352 e. The lowest BCUT2D eigenvalue weighted by atomic mass is 10.0. The summed E-state index contributed by atoms with van der Waals surface area (Å²) < 4.78 is 0. The number of piperidine rings is 1. The van der Waals surface area contributed by atoms with Gasteiger partial charge >= 0.3 is 0 Å². The summed E-state index contributed by atoms with van der Waals surface area (Å²) in [6.07, 6.45) is 3.69. The Labute approximate surface area is 109 Å². The van der Waals surface area contributed by atoms with Crippen molar-refractivity contribution in [3.8, 4) is 0 Å². The summed E-state index contributed by atoms with van der Waals surface area (Å²) in [7, 11) is 1.78. The number of hydrogen-bond acceptors (Lipinski definition) is 3. The molecule has 0 bridgehead atoms. The first-order valence-corrected chi connectivity index (χ1v) is 6.76. The second-order valence-electron chi connectivity index (χ2n) is 5.30. The van der Waals surface area contributed by atoms with Gasteiger partial charge in [0.05, 0.1) is 0 Å². The molecule has 5 nitrogen and oxygen atoms in total. The van der Waals surface area contributed by atoms with E-state index in [4.69, 9.17) is 5.73 Å². The molecule has 1 heterocycles. The highest BCUT2D eigenvalue weighted by Crippen LogP contribution is 2.12. The summed E-state index contributed by atoms with van der Waals surface area (Å²) in [5, 5.41) is 3.00. The number of nitrogens with two attached hydrogens (primary N) is 1. The van der Waals surface area contributed by atoms with Crippen LogP contribution in [0.4, 0.5) is 0 Å². The molecule has 0 saturated carbocycles. The van der Waals surface area contributed by atoms with Crippen LogP contribution < -0.4 is 11.1 Å². The van der Waals surface area contributed by atoms with E-state index in [0.717, 1.165) is 19.3 Å². The molecule has 18 heavy (non-hydrogen) atoms. The third-order valence-electron chi connectivity index (χ3n) is 3.52. The highest BCUT2D eigenvalue weighted by Gasteiger charge is 2.23. The van der Waals surface area contributed by atoms with Crippen LogP contribution in [0.2, 0.25) is 0 Å². The number of nitrogens with zero attached hydrogens (tertiary/aromatic N) is 1. The Morgan fingerprint density at radius 3 is 2.89 bits per heavy atom. The molecule has 0 spiro atoms. The number of carbonyl (C=O) groups excluding carboxylic acids is 2. The first-order valence-electron chi connectivity index (χ1n) is 6.76. The van der Waals surface area contributed by atoms with Crippen molar-refractivity contribution < 1.29 is 9.59 Å². The fourth-order valence-corrected chi connectivity index (χ4v) is 2.24. The molecule has 0 aromatic rings. The fraction of sp³-hybridized carbons (Fsp3) is 0.846. The van der Waals surface area contributed by atoms with E-state index in [-0.39, 0.29) is 17.9 Å². The maximum atomic E-state index is 11.8. The van der Waals surface area contributed by atoms with Gasteiger partial charge in [0.25, 0.3) is 0 Å². The van der Waals surface area contributed by atoms with E-state index in [9.17, 15) is 9.59 Å². The number of amides is 2. The van der Waals surface area contributed by atoms with Crippen LogP contribution in [0.15, 0.2) is 0 Å². The molecule has 5 heteroatoms. The zero-order valence-electron chi connectivity index (χ0n) is 11.4. The van der Waals surface area contributed by atoms with Gasteiger partial charge in [-0.25, -0.2) is 0 Å². The first-order chi connectivity index (χ1) is 8.52. The standard InChI is InChI=1S/C13H25N3O2/c1-10(7-8-14)3-5-12(17)15-11-4-6-13(18)16(2)9-11/h10-11H,3-9,14H2,1-2H3,(H,15,17). The van der Waals surface area contributed by atoms with Crippen molar-refractivity contribution >= 4 is 11.8 Å². The Bertz CT molecular complexity index is 294. The van der Waals surface area contributed by atoms with Crippen LogP contribution in [0.3, 0.4) is 0 Å². The second-order valence-corrected chi connectivity index (χ2v) is 5.30. The molecule has 2 atom stereocenters. The zero-order valence-corrected chi connectivity index (χ0v) is 11.4. The van der Waals surface area contributed by atoms with Crippen LogP contribution in [0.5, 0.6) is 0 Å². The molecule has 0 aromatic carbocycles. The Morgan fingerprint density at radius 2 is 2.28 bits per heavy atom. The lowest BCUT2D eigenvalue weighted by molar-refractivity contribution is -0.134. The summed E-state index contributed by atoms with van der Waals surface area (Å²) >= 11 is 0. The molecule has 104 valence electrons. The van der Waals surface area contributed by atoms with Gasteiger partial charge in [-0.1, -0.05) is 6.92 Å². The summed E-state index contributed by atoms with van der Waals surface area (Å²) in [6, 6.07) is 0.116. The average molecular weight is 255 g/mol. The van der Waals surface area contributed by atoms with Crippen LogP contribution in [-0.2, 0) is 9.59 Å². The average Bonchev–Trinajstić information content (AvgIpc) is 2.32. The first kappa shape index (κ1) is 15.0. The summed E-state index contributed by atoms with van der Waals surface area (Å²) in [5.41, 5.74) is 5.48. The van der Waals surface area contributed by atoms with Gasteiger partial charge in [-0.3, -0.25) is 9.59 Å². The summed E-state index contributed by atoms with van der Waals surface area (Å²) in [6.45, 7) is 3.43. The van der Waals surface area contributed by atoms with Crippen LogP contribution in [-0.4, -0.2) is 42.9 Å². The molecule has 0 aliphatic carbocycles. The Balaban J connectivity index is 2.22. The van der Waals surface area contributed by atoms with Crippen molar-refractivity contribution in [2.45, 2.75) is 45.1 Å². The van der Waals surface area contributed by atoms with E-state index in [1.165, 1.54) is 0 Å². The third-order valence-corrected chi connectivity index (χ3v) is 3.52. The summed E-state index contributed by atoms with van der Waals surface area (Å²) in [4.78, 5) is 24.8. The van der Waals surface area contributed by atoms with E-state index in [0.29, 0.717) is 31.8 Å². The molecule has 0 radical (unpaired) electrons. The molecule has 1 saturated heterocycles. The summed E-state index contributed by atoms with van der Waals surface area (Å²) in [5.74, 6) is 0.750. The highest BCUT2D eigenvalue weighted by atomic mass is 16.2. The Morgan fingerprint density at radius 1 is 1.56 bits per heavy atom. The second kappa shape index (κ2) is 7.36. The van der Waals surface area contributed by atoms with Gasteiger partial charge in [-0.05, 0) is 31.7 Å². The highest BCUT2D eigenvalue weighted by molar-refractivity contribution is 5.78. The molecule has 2 amide bonds. The number of rotatable bonds is 6. The van der Waals surface area contributed by atoms with Crippen molar-refractivity contribution in [1.29, 1.82) is 0 Å². The zero-order chi connectivity index (χ0) is 13.5. The predicted octanol–water partition coefficient (Wildman–Crippen LogP) is 0.489. The van der Waals surface area contributed by atoms with Gasteiger partial charge in [0.2, 0.25) is 11.8 Å². The van der Waals surface area contributed by atoms with Gasteiger partial charge in [0.15, 0.2) is 0 Å². The van der Waals surface area contributed by atoms with E-state index < -0.39 is 0 Å². The minimum absolute atomic E-state index is 0.0895. The van der Waals surface area contributed by atoms with E-state index >= 15 is 0 Å². The number of likely N-dealkylation sites (N-methyl/N-ethyl adjacent to an activating group) is 1. The molecule has 0 aromatic heterocycles. The van der Waals surface area contributed by atoms with E-state index in [2.05, 4.69) is 12.2 Å². The molecule has 1 aliphatic rings. The Kier molecular flexibility index (Phi) is 6.12. The molecule has 2 unspecified atom stereocenters. The van der Waals surface area contributed by atoms with E-state index in [1.807, 2.05) is 0 Å². The smallest absolute Gasteiger partial charge is 0.222 e. The third kappa shape index (κ3) is 5.04. The molecule has 1 rings (SSSR count). The number of carbonyl (C=O) groups is 2.